The fourth-order valence-electron chi connectivity index (χ4n) is 3.67. The summed E-state index contributed by atoms with van der Waals surface area (Å²) < 4.78 is 67.4. The topological polar surface area (TPSA) is 56.8 Å². The Morgan fingerprint density at radius 2 is 1.82 bits per heavy atom. The van der Waals surface area contributed by atoms with E-state index in [1.165, 1.54) is 4.31 Å². The van der Waals surface area contributed by atoms with Crippen LogP contribution in [0.15, 0.2) is 12.3 Å². The van der Waals surface area contributed by atoms with E-state index in [0.717, 1.165) is 25.1 Å². The molecule has 0 aromatic carbocycles. The fraction of sp³-hybridized carbons (Fsp3) is 0.706. The Labute approximate surface area is 168 Å². The number of rotatable bonds is 3. The molecule has 28 heavy (non-hydrogen) atoms. The van der Waals surface area contributed by atoms with E-state index in [1.54, 1.807) is 9.21 Å². The summed E-state index contributed by atoms with van der Waals surface area (Å²) in [7, 11) is -3.55. The van der Waals surface area contributed by atoms with Crippen LogP contribution in [-0.2, 0) is 16.4 Å². The van der Waals surface area contributed by atoms with Crippen molar-refractivity contribution in [3.63, 3.8) is 0 Å². The highest BCUT2D eigenvalue weighted by Crippen LogP contribution is 2.34. The van der Waals surface area contributed by atoms with E-state index in [2.05, 4.69) is 4.98 Å². The third-order valence-electron chi connectivity index (χ3n) is 5.18. The van der Waals surface area contributed by atoms with Gasteiger partial charge in [0.1, 0.15) is 5.82 Å². The van der Waals surface area contributed by atoms with Crippen molar-refractivity contribution in [2.75, 3.05) is 44.2 Å². The largest absolute Gasteiger partial charge is 0.417 e. The normalized spacial score (nSPS) is 23.6. The van der Waals surface area contributed by atoms with Crippen molar-refractivity contribution in [1.82, 2.24) is 13.6 Å². The fourth-order valence-corrected chi connectivity index (χ4v) is 5.76. The molecule has 0 aliphatic carbocycles. The lowest BCUT2D eigenvalue weighted by Gasteiger charge is -2.34. The van der Waals surface area contributed by atoms with Crippen LogP contribution in [0.2, 0.25) is 5.02 Å². The van der Waals surface area contributed by atoms with Gasteiger partial charge in [-0.1, -0.05) is 18.5 Å². The van der Waals surface area contributed by atoms with Gasteiger partial charge in [0.15, 0.2) is 0 Å². The highest BCUT2D eigenvalue weighted by molar-refractivity contribution is 7.86. The highest BCUT2D eigenvalue weighted by atomic mass is 35.5. The molecule has 1 unspecified atom stereocenters. The summed E-state index contributed by atoms with van der Waals surface area (Å²) in [5, 5.41) is -0.0870. The summed E-state index contributed by atoms with van der Waals surface area (Å²) in [6.45, 7) is 4.49. The molecule has 2 aliphatic rings. The highest BCUT2D eigenvalue weighted by Gasteiger charge is 2.35. The second-order valence-corrected chi connectivity index (χ2v) is 9.72. The lowest BCUT2D eigenvalue weighted by atomic mass is 10.0. The average molecular weight is 441 g/mol. The van der Waals surface area contributed by atoms with E-state index in [-0.39, 0.29) is 17.4 Å². The Morgan fingerprint density at radius 1 is 1.11 bits per heavy atom. The molecule has 3 heterocycles. The molecule has 0 bridgehead atoms. The number of anilines is 1. The van der Waals surface area contributed by atoms with Crippen molar-refractivity contribution < 1.29 is 21.6 Å². The molecule has 3 rings (SSSR count). The monoisotopic (exact) mass is 440 g/mol. The molecule has 2 saturated heterocycles. The Kier molecular flexibility index (Phi) is 6.43. The zero-order chi connectivity index (χ0) is 20.5. The van der Waals surface area contributed by atoms with Crippen LogP contribution in [-0.4, -0.2) is 61.3 Å². The maximum atomic E-state index is 13.0. The minimum Gasteiger partial charge on any atom is -0.354 e. The van der Waals surface area contributed by atoms with Crippen molar-refractivity contribution in [3.8, 4) is 0 Å². The third kappa shape index (κ3) is 4.72. The Balaban J connectivity index is 1.71. The average Bonchev–Trinajstić information content (AvgIpc) is 2.87. The molecular weight excluding hydrogens is 417 g/mol. The molecular formula is C17H24ClF3N4O2S. The van der Waals surface area contributed by atoms with Gasteiger partial charge in [0.05, 0.1) is 10.6 Å². The van der Waals surface area contributed by atoms with Crippen molar-refractivity contribution in [2.45, 2.75) is 32.4 Å². The first-order valence-electron chi connectivity index (χ1n) is 9.32. The van der Waals surface area contributed by atoms with Crippen LogP contribution in [0, 0.1) is 5.92 Å². The number of aromatic nitrogens is 1. The minimum atomic E-state index is -4.51. The number of piperidine rings is 1. The van der Waals surface area contributed by atoms with Crippen LogP contribution >= 0.6 is 11.6 Å². The predicted octanol–water partition coefficient (Wildman–Crippen LogP) is 3.24. The molecule has 1 aromatic rings. The van der Waals surface area contributed by atoms with Crippen molar-refractivity contribution in [1.29, 1.82) is 0 Å². The number of nitrogens with zero attached hydrogens (tertiary/aromatic N) is 4. The first kappa shape index (κ1) is 21.6. The molecule has 1 aromatic heterocycles. The third-order valence-corrected chi connectivity index (χ3v) is 7.46. The Hall–Kier alpha value is -1.10. The molecule has 0 N–H and O–H groups in total. The van der Waals surface area contributed by atoms with Gasteiger partial charge in [0, 0.05) is 45.5 Å². The zero-order valence-electron chi connectivity index (χ0n) is 15.6. The molecule has 11 heteroatoms. The molecule has 2 aliphatic heterocycles. The second kappa shape index (κ2) is 8.33. The molecule has 2 fully saturated rings. The smallest absolute Gasteiger partial charge is 0.354 e. The van der Waals surface area contributed by atoms with Crippen molar-refractivity contribution in [3.05, 3.63) is 22.8 Å². The molecule has 158 valence electrons. The van der Waals surface area contributed by atoms with E-state index in [9.17, 15) is 21.6 Å². The number of halogens is 4. The van der Waals surface area contributed by atoms with E-state index in [1.807, 2.05) is 6.92 Å². The summed E-state index contributed by atoms with van der Waals surface area (Å²) in [4.78, 5) is 5.64. The minimum absolute atomic E-state index is 0.0870. The van der Waals surface area contributed by atoms with Crippen molar-refractivity contribution in [2.24, 2.45) is 5.92 Å². The summed E-state index contributed by atoms with van der Waals surface area (Å²) in [6.07, 6.45) is -1.33. The van der Waals surface area contributed by atoms with Gasteiger partial charge in [0.2, 0.25) is 0 Å². The van der Waals surface area contributed by atoms with Gasteiger partial charge in [-0.3, -0.25) is 0 Å². The number of pyridine rings is 1. The lowest BCUT2D eigenvalue weighted by Crippen LogP contribution is -2.48. The molecule has 6 nitrogen and oxygen atoms in total. The van der Waals surface area contributed by atoms with E-state index >= 15 is 0 Å². The van der Waals surface area contributed by atoms with Crippen LogP contribution in [0.4, 0.5) is 19.0 Å². The Morgan fingerprint density at radius 3 is 2.46 bits per heavy atom. The van der Waals surface area contributed by atoms with Crippen molar-refractivity contribution >= 4 is 27.6 Å². The molecule has 0 saturated carbocycles. The SMILES string of the molecule is CC1CCCN(S(=O)(=O)N2CCCN(c3ncc(C(F)(F)F)cc3Cl)CC2)C1. The van der Waals surface area contributed by atoms with Gasteiger partial charge in [0.25, 0.3) is 10.2 Å². The van der Waals surface area contributed by atoms with E-state index in [0.29, 0.717) is 45.1 Å². The van der Waals surface area contributed by atoms with E-state index < -0.39 is 21.9 Å². The number of hydrogen-bond donors (Lipinski definition) is 0. The summed E-state index contributed by atoms with van der Waals surface area (Å²) in [5.41, 5.74) is -0.903. The molecule has 0 spiro atoms. The Bertz CT molecular complexity index is 806. The predicted molar refractivity (Wildman–Crippen MR) is 102 cm³/mol. The molecule has 0 radical (unpaired) electrons. The zero-order valence-corrected chi connectivity index (χ0v) is 17.2. The van der Waals surface area contributed by atoms with Crippen LogP contribution in [0.25, 0.3) is 0 Å². The summed E-state index contributed by atoms with van der Waals surface area (Å²) in [5.74, 6) is 0.586. The maximum absolute atomic E-state index is 13.0. The van der Waals surface area contributed by atoms with Gasteiger partial charge >= 0.3 is 6.18 Å². The van der Waals surface area contributed by atoms with Gasteiger partial charge < -0.3 is 4.90 Å². The van der Waals surface area contributed by atoms with E-state index in [4.69, 9.17) is 11.6 Å². The maximum Gasteiger partial charge on any atom is 0.417 e. The number of hydrogen-bond acceptors (Lipinski definition) is 4. The summed E-state index contributed by atoms with van der Waals surface area (Å²) >= 11 is 6.04. The van der Waals surface area contributed by atoms with Crippen LogP contribution < -0.4 is 4.90 Å². The molecule has 0 amide bonds. The molecule has 1 atom stereocenters. The first-order chi connectivity index (χ1) is 13.1. The first-order valence-corrected chi connectivity index (χ1v) is 11.1. The van der Waals surface area contributed by atoms with Gasteiger partial charge in [-0.2, -0.15) is 30.2 Å². The number of alkyl halides is 3. The van der Waals surface area contributed by atoms with Crippen LogP contribution in [0.1, 0.15) is 31.7 Å². The van der Waals surface area contributed by atoms with Gasteiger partial charge in [-0.05, 0) is 31.2 Å². The lowest BCUT2D eigenvalue weighted by molar-refractivity contribution is -0.137. The summed E-state index contributed by atoms with van der Waals surface area (Å²) in [6, 6.07) is 0.860. The van der Waals surface area contributed by atoms with Crippen LogP contribution in [0.3, 0.4) is 0 Å². The standard InChI is InChI=1S/C17H24ClF3N4O2S/c1-13-4-2-6-25(12-13)28(26,27)24-7-3-5-23(8-9-24)16-15(18)10-14(11-22-16)17(19,20)21/h10-11,13H,2-9,12H2,1H3. The van der Waals surface area contributed by atoms with Gasteiger partial charge in [-0.15, -0.1) is 0 Å². The van der Waals surface area contributed by atoms with Crippen LogP contribution in [0.5, 0.6) is 0 Å². The van der Waals surface area contributed by atoms with Gasteiger partial charge in [-0.25, -0.2) is 4.98 Å². The quantitative estimate of drug-likeness (QED) is 0.724. The second-order valence-electron chi connectivity index (χ2n) is 7.38.